The number of nitrogens with zero attached hydrogens (tertiary/aromatic N) is 5. The van der Waals surface area contributed by atoms with Crippen LogP contribution in [-0.2, 0) is 23.1 Å². The van der Waals surface area contributed by atoms with Crippen molar-refractivity contribution in [2.75, 3.05) is 31.5 Å². The van der Waals surface area contributed by atoms with Gasteiger partial charge in [-0.25, -0.2) is 9.78 Å². The third kappa shape index (κ3) is 6.75. The first-order valence-corrected chi connectivity index (χ1v) is 16.3. The molecule has 1 saturated carbocycles. The number of pyridine rings is 1. The van der Waals surface area contributed by atoms with Gasteiger partial charge >= 0.3 is 12.1 Å². The largest absolute Gasteiger partial charge is 0.493 e. The van der Waals surface area contributed by atoms with Crippen LogP contribution in [0.1, 0.15) is 26.7 Å². The van der Waals surface area contributed by atoms with Crippen LogP contribution >= 0.6 is 0 Å². The number of hydrogen-bond donors (Lipinski definition) is 1. The summed E-state index contributed by atoms with van der Waals surface area (Å²) in [5.41, 5.74) is 1.56. The lowest BCUT2D eigenvalue weighted by Gasteiger charge is -2.35. The predicted molar refractivity (Wildman–Crippen MR) is 178 cm³/mol. The fourth-order valence-electron chi connectivity index (χ4n) is 6.48. The summed E-state index contributed by atoms with van der Waals surface area (Å²) < 4.78 is 55.8. The van der Waals surface area contributed by atoms with E-state index in [2.05, 4.69) is 33.5 Å². The molecule has 0 bridgehead atoms. The topological polar surface area (TPSA) is 105 Å². The minimum Gasteiger partial charge on any atom is -0.454 e. The zero-order chi connectivity index (χ0) is 34.4. The zero-order valence-electron chi connectivity index (χ0n) is 27.4. The van der Waals surface area contributed by atoms with E-state index in [1.165, 1.54) is 30.5 Å². The minimum atomic E-state index is -5.25. The van der Waals surface area contributed by atoms with Gasteiger partial charge in [-0.1, -0.05) is 18.2 Å². The monoisotopic (exact) mass is 678 g/mol. The smallest absolute Gasteiger partial charge is 0.454 e. The summed E-state index contributed by atoms with van der Waals surface area (Å²) in [6.45, 7) is 8.05. The van der Waals surface area contributed by atoms with E-state index in [1.54, 1.807) is 6.20 Å². The van der Waals surface area contributed by atoms with Crippen LogP contribution in [0.4, 0.5) is 19.1 Å². The van der Waals surface area contributed by atoms with Crippen LogP contribution in [0, 0.1) is 5.92 Å². The maximum absolute atomic E-state index is 13.2. The van der Waals surface area contributed by atoms with E-state index in [0.717, 1.165) is 37.9 Å². The van der Waals surface area contributed by atoms with Gasteiger partial charge < -0.3 is 28.8 Å². The van der Waals surface area contributed by atoms with Gasteiger partial charge in [-0.2, -0.15) is 17.9 Å². The summed E-state index contributed by atoms with van der Waals surface area (Å²) in [5, 5.41) is 3.84. The molecule has 258 valence electrons. The van der Waals surface area contributed by atoms with E-state index in [-0.39, 0.29) is 23.1 Å². The van der Waals surface area contributed by atoms with Crippen LogP contribution < -0.4 is 20.5 Å². The highest BCUT2D eigenvalue weighted by Gasteiger charge is 2.42. The first kappa shape index (κ1) is 32.7. The third-order valence-electron chi connectivity index (χ3n) is 8.91. The van der Waals surface area contributed by atoms with Gasteiger partial charge in [0.05, 0.1) is 17.7 Å². The van der Waals surface area contributed by atoms with Crippen LogP contribution in [0.3, 0.4) is 0 Å². The summed E-state index contributed by atoms with van der Waals surface area (Å²) in [4.78, 5) is 37.0. The van der Waals surface area contributed by atoms with Gasteiger partial charge in [0.1, 0.15) is 11.3 Å². The summed E-state index contributed by atoms with van der Waals surface area (Å²) in [6, 6.07) is 14.4. The van der Waals surface area contributed by atoms with Crippen LogP contribution in [0.15, 0.2) is 65.7 Å². The Hall–Kier alpha value is -4.82. The Balaban J connectivity index is 1.37. The van der Waals surface area contributed by atoms with Crippen molar-refractivity contribution in [3.05, 3.63) is 71.3 Å². The summed E-state index contributed by atoms with van der Waals surface area (Å²) >= 11 is 0. The lowest BCUT2D eigenvalue weighted by molar-refractivity contribution is -0.199. The van der Waals surface area contributed by atoms with Crippen molar-refractivity contribution in [1.29, 1.82) is 0 Å². The molecule has 2 aromatic carbocycles. The summed E-state index contributed by atoms with van der Waals surface area (Å²) in [6.07, 6.45) is 0.0720. The van der Waals surface area contributed by atoms with Gasteiger partial charge in [-0.15, -0.1) is 0 Å². The number of nitrogens with one attached hydrogen (secondary N) is 1. The number of hydrogen-bond acceptors (Lipinski definition) is 8. The number of rotatable bonds is 10. The van der Waals surface area contributed by atoms with Gasteiger partial charge in [0.15, 0.2) is 11.3 Å². The molecule has 2 atom stereocenters. The highest BCUT2D eigenvalue weighted by Crippen LogP contribution is 2.42. The number of morpholine rings is 1. The molecule has 2 fully saturated rings. The van der Waals surface area contributed by atoms with Crippen molar-refractivity contribution in [3.63, 3.8) is 0 Å². The van der Waals surface area contributed by atoms with E-state index in [1.807, 2.05) is 42.5 Å². The number of aromatic nitrogens is 4. The molecule has 7 rings (SSSR count). The molecule has 11 nitrogen and oxygen atoms in total. The number of halogens is 3. The van der Waals surface area contributed by atoms with E-state index in [9.17, 15) is 22.8 Å². The lowest BCUT2D eigenvalue weighted by atomic mass is 10.0. The number of benzene rings is 2. The van der Waals surface area contributed by atoms with Gasteiger partial charge in [0.2, 0.25) is 5.95 Å². The number of carbonyl (C=O) groups is 1. The van der Waals surface area contributed by atoms with Crippen LogP contribution in [0.2, 0.25) is 0 Å². The Morgan fingerprint density at radius 2 is 1.76 bits per heavy atom. The predicted octanol–water partition coefficient (Wildman–Crippen LogP) is 5.60. The second kappa shape index (κ2) is 12.9. The molecule has 0 spiro atoms. The molecule has 1 aliphatic heterocycles. The summed E-state index contributed by atoms with van der Waals surface area (Å²) in [7, 11) is 1.48. The minimum absolute atomic E-state index is 0.134. The molecule has 4 heterocycles. The van der Waals surface area contributed by atoms with Gasteiger partial charge in [0, 0.05) is 68.7 Å². The number of aryl methyl sites for hydroxylation is 1. The van der Waals surface area contributed by atoms with Gasteiger partial charge in [0.25, 0.3) is 5.56 Å². The molecule has 1 N–H and O–H groups in total. The molecule has 0 unspecified atom stereocenters. The molecule has 0 radical (unpaired) electrons. The first-order valence-electron chi connectivity index (χ1n) is 16.3. The molecule has 49 heavy (non-hydrogen) atoms. The molecule has 5 aromatic rings. The molecule has 14 heteroatoms. The van der Waals surface area contributed by atoms with Crippen molar-refractivity contribution < 1.29 is 32.3 Å². The van der Waals surface area contributed by atoms with E-state index >= 15 is 0 Å². The molecule has 3 aromatic heterocycles. The highest BCUT2D eigenvalue weighted by atomic mass is 19.4. The van der Waals surface area contributed by atoms with Crippen molar-refractivity contribution >= 4 is 33.9 Å². The maximum Gasteiger partial charge on any atom is 0.493 e. The molecule has 2 aliphatic rings. The molecule has 1 aliphatic carbocycles. The number of carbonyl (C=O) groups excluding carboxylic acids is 1. The average molecular weight is 679 g/mol. The highest BCUT2D eigenvalue weighted by molar-refractivity contribution is 6.01. The third-order valence-corrected chi connectivity index (χ3v) is 8.91. The van der Waals surface area contributed by atoms with Crippen molar-refractivity contribution in [2.24, 2.45) is 13.0 Å². The van der Waals surface area contributed by atoms with Crippen LogP contribution in [-0.4, -0.2) is 74.3 Å². The second-order valence-corrected chi connectivity index (χ2v) is 12.9. The lowest BCUT2D eigenvalue weighted by Crippen LogP contribution is -2.46. The standard InChI is InChI=1S/C35H37F3N6O5/c1-21-18-42(19-22(2)47-21)15-16-43-28-12-11-26(27-20-41(3)32(45)30-25(27)13-14-44(30)49-33(46)35(36,37)38)31(48-24-7-5-4-6-8-24)29(28)40-34(43)39-17-23-9-10-23/h4-8,11-14,20-23H,9-10,15-19H2,1-3H3,(H,39,40)/t21-,22+. The number of anilines is 1. The summed E-state index contributed by atoms with van der Waals surface area (Å²) in [5.74, 6) is -0.177. The maximum atomic E-state index is 13.2. The van der Waals surface area contributed by atoms with E-state index < -0.39 is 17.7 Å². The Bertz CT molecular complexity index is 2060. The molecular formula is C35H37F3N6O5. The van der Waals surface area contributed by atoms with Crippen molar-refractivity contribution in [1.82, 2.24) is 23.7 Å². The Labute approximate surface area is 279 Å². The number of imidazole rings is 1. The fourth-order valence-corrected chi connectivity index (χ4v) is 6.48. The number of para-hydroxylation sites is 1. The van der Waals surface area contributed by atoms with Crippen LogP contribution in [0.5, 0.6) is 11.5 Å². The normalized spacial score (nSPS) is 18.7. The second-order valence-electron chi connectivity index (χ2n) is 12.9. The number of fused-ring (bicyclic) bond motifs is 2. The van der Waals surface area contributed by atoms with Gasteiger partial charge in [-0.3, -0.25) is 9.69 Å². The first-order chi connectivity index (χ1) is 23.5. The van der Waals surface area contributed by atoms with E-state index in [4.69, 9.17) is 14.5 Å². The molecule has 0 amide bonds. The van der Waals surface area contributed by atoms with Crippen molar-refractivity contribution in [2.45, 2.75) is 51.6 Å². The number of ether oxygens (including phenoxy) is 2. The zero-order valence-corrected chi connectivity index (χ0v) is 27.4. The van der Waals surface area contributed by atoms with Crippen LogP contribution in [0.25, 0.3) is 33.1 Å². The average Bonchev–Trinajstić information content (AvgIpc) is 3.68. The van der Waals surface area contributed by atoms with E-state index in [0.29, 0.717) is 51.3 Å². The van der Waals surface area contributed by atoms with Gasteiger partial charge in [-0.05, 0) is 62.9 Å². The Morgan fingerprint density at radius 1 is 1.02 bits per heavy atom. The molecular weight excluding hydrogens is 641 g/mol. The fraction of sp³-hybridized carbons (Fsp3) is 0.400. The Morgan fingerprint density at radius 3 is 2.45 bits per heavy atom. The van der Waals surface area contributed by atoms with Crippen molar-refractivity contribution in [3.8, 4) is 22.6 Å². The SMILES string of the molecule is C[C@@H]1CN(CCn2c(NCC3CC3)nc3c(Oc4ccccc4)c(-c4cn(C)c(=O)c5c4ccn5OC(=O)C(F)(F)F)ccc32)C[C@H](C)O1. The Kier molecular flexibility index (Phi) is 8.61. The number of alkyl halides is 3. The quantitative estimate of drug-likeness (QED) is 0.204. The molecule has 1 saturated heterocycles.